The van der Waals surface area contributed by atoms with E-state index in [-0.39, 0.29) is 0 Å². The molecular weight excluding hydrogens is 338 g/mol. The van der Waals surface area contributed by atoms with E-state index in [1.54, 1.807) is 6.26 Å². The highest BCUT2D eigenvalue weighted by Crippen LogP contribution is 2.39. The smallest absolute Gasteiger partial charge is 0.344 e. The molecule has 20 heavy (non-hydrogen) atoms. The molecule has 2 aliphatic rings. The number of anilines is 1. The van der Waals surface area contributed by atoms with Gasteiger partial charge in [-0.05, 0) is 25.3 Å². The number of hydrogen-bond acceptors (Lipinski definition) is 4. The summed E-state index contributed by atoms with van der Waals surface area (Å²) < 4.78 is 12.9. The third-order valence-corrected chi connectivity index (χ3v) is 5.72. The lowest BCUT2D eigenvalue weighted by molar-refractivity contribution is 0.586. The molecule has 0 bridgehead atoms. The predicted octanol–water partition coefficient (Wildman–Crippen LogP) is 3.10. The second kappa shape index (κ2) is 5.66. The molecule has 1 unspecified atom stereocenters. The van der Waals surface area contributed by atoms with Gasteiger partial charge in [-0.3, -0.25) is 0 Å². The second-order valence-electron chi connectivity index (χ2n) is 5.44. The number of rotatable bonds is 2. The fourth-order valence-electron chi connectivity index (χ4n) is 2.99. The van der Waals surface area contributed by atoms with Gasteiger partial charge in [-0.25, -0.2) is 0 Å². The molecule has 0 spiro atoms. The van der Waals surface area contributed by atoms with Crippen LogP contribution in [-0.2, 0) is 11.2 Å². The standard InChI is InChI=1S/C14H18BrN3OS/c1-9-11-7-16-14(20(2)19)17-13(11)18(8-12(9)15)10-5-3-4-6-10/h7,10H,3-6,8H2,1-2H3. The third-order valence-electron chi connectivity index (χ3n) is 4.16. The summed E-state index contributed by atoms with van der Waals surface area (Å²) in [4.78, 5) is 11.2. The van der Waals surface area contributed by atoms with Gasteiger partial charge in [-0.2, -0.15) is 9.97 Å². The molecule has 4 nitrogen and oxygen atoms in total. The molecule has 3 rings (SSSR count). The highest BCUT2D eigenvalue weighted by Gasteiger charge is 2.31. The van der Waals surface area contributed by atoms with Crippen LogP contribution in [-0.4, -0.2) is 33.4 Å². The van der Waals surface area contributed by atoms with Crippen molar-refractivity contribution < 1.29 is 4.55 Å². The van der Waals surface area contributed by atoms with Gasteiger partial charge in [-0.1, -0.05) is 28.8 Å². The SMILES string of the molecule is CC1=C(Br)CN(C2CCCC2)c2nc([S+](C)[O-])ncc21. The molecule has 1 aliphatic carbocycles. The van der Waals surface area contributed by atoms with Crippen molar-refractivity contribution in [3.05, 3.63) is 16.2 Å². The molecular formula is C14H18BrN3OS. The summed E-state index contributed by atoms with van der Waals surface area (Å²) in [6.07, 6.45) is 8.45. The molecule has 1 aromatic rings. The molecule has 0 radical (unpaired) electrons. The van der Waals surface area contributed by atoms with E-state index in [4.69, 9.17) is 0 Å². The Balaban J connectivity index is 2.06. The first-order valence-electron chi connectivity index (χ1n) is 6.90. The molecule has 1 aliphatic heterocycles. The molecule has 0 N–H and O–H groups in total. The molecule has 0 amide bonds. The maximum atomic E-state index is 11.7. The van der Waals surface area contributed by atoms with Crippen molar-refractivity contribution in [1.29, 1.82) is 0 Å². The van der Waals surface area contributed by atoms with E-state index in [0.717, 1.165) is 17.9 Å². The fraction of sp³-hybridized carbons (Fsp3) is 0.571. The van der Waals surface area contributed by atoms with Gasteiger partial charge in [0.25, 0.3) is 0 Å². The average Bonchev–Trinajstić information content (AvgIpc) is 2.96. The van der Waals surface area contributed by atoms with Gasteiger partial charge in [0.05, 0.1) is 6.54 Å². The molecule has 0 saturated heterocycles. The van der Waals surface area contributed by atoms with E-state index in [1.807, 2.05) is 6.20 Å². The molecule has 108 valence electrons. The number of hydrogen-bond donors (Lipinski definition) is 0. The van der Waals surface area contributed by atoms with Crippen LogP contribution >= 0.6 is 15.9 Å². The normalized spacial score (nSPS) is 21.3. The van der Waals surface area contributed by atoms with Crippen LogP contribution in [0.3, 0.4) is 0 Å². The lowest BCUT2D eigenvalue weighted by Crippen LogP contribution is -2.38. The summed E-state index contributed by atoms with van der Waals surface area (Å²) in [5, 5.41) is 0.428. The van der Waals surface area contributed by atoms with E-state index >= 15 is 0 Å². The molecule has 1 aromatic heterocycles. The quantitative estimate of drug-likeness (QED) is 0.604. The topological polar surface area (TPSA) is 52.1 Å². The monoisotopic (exact) mass is 355 g/mol. The Morgan fingerprint density at radius 1 is 1.40 bits per heavy atom. The number of aromatic nitrogens is 2. The zero-order valence-corrected chi connectivity index (χ0v) is 14.1. The van der Waals surface area contributed by atoms with Gasteiger partial charge in [0.15, 0.2) is 0 Å². The first-order chi connectivity index (χ1) is 9.58. The molecule has 1 fully saturated rings. The average molecular weight is 356 g/mol. The molecule has 6 heteroatoms. The van der Waals surface area contributed by atoms with Gasteiger partial charge >= 0.3 is 5.16 Å². The summed E-state index contributed by atoms with van der Waals surface area (Å²) in [5.74, 6) is 0.956. The van der Waals surface area contributed by atoms with Crippen molar-refractivity contribution in [2.45, 2.75) is 43.8 Å². The van der Waals surface area contributed by atoms with Gasteiger partial charge in [0.2, 0.25) is 0 Å². The molecule has 2 heterocycles. The van der Waals surface area contributed by atoms with Crippen LogP contribution in [0.4, 0.5) is 5.82 Å². The Morgan fingerprint density at radius 2 is 2.10 bits per heavy atom. The van der Waals surface area contributed by atoms with E-state index < -0.39 is 11.2 Å². The Kier molecular flexibility index (Phi) is 4.06. The second-order valence-corrected chi connectivity index (χ2v) is 7.67. The number of halogens is 1. The van der Waals surface area contributed by atoms with E-state index in [9.17, 15) is 4.55 Å². The Morgan fingerprint density at radius 3 is 2.75 bits per heavy atom. The van der Waals surface area contributed by atoms with Crippen molar-refractivity contribution in [2.24, 2.45) is 0 Å². The van der Waals surface area contributed by atoms with Gasteiger partial charge < -0.3 is 9.45 Å². The van der Waals surface area contributed by atoms with Crippen LogP contribution in [0.2, 0.25) is 0 Å². The number of nitrogens with zero attached hydrogens (tertiary/aromatic N) is 3. The van der Waals surface area contributed by atoms with E-state index in [0.29, 0.717) is 11.2 Å². The van der Waals surface area contributed by atoms with Crippen molar-refractivity contribution >= 4 is 38.5 Å². The van der Waals surface area contributed by atoms with Gasteiger partial charge in [0, 0.05) is 33.5 Å². The highest BCUT2D eigenvalue weighted by molar-refractivity contribution is 9.11. The van der Waals surface area contributed by atoms with Crippen LogP contribution in [0.15, 0.2) is 15.8 Å². The third kappa shape index (κ3) is 2.49. The zero-order valence-electron chi connectivity index (χ0n) is 11.7. The fourth-order valence-corrected chi connectivity index (χ4v) is 3.89. The summed E-state index contributed by atoms with van der Waals surface area (Å²) in [6.45, 7) is 2.94. The van der Waals surface area contributed by atoms with Crippen LogP contribution in [0.5, 0.6) is 0 Å². The maximum absolute atomic E-state index is 11.7. The van der Waals surface area contributed by atoms with Crippen molar-refractivity contribution in [1.82, 2.24) is 9.97 Å². The lowest BCUT2D eigenvalue weighted by atomic mass is 10.0. The molecule has 1 saturated carbocycles. The number of allylic oxidation sites excluding steroid dienone is 1. The zero-order chi connectivity index (χ0) is 14.3. The minimum atomic E-state index is -1.14. The molecule has 0 aromatic carbocycles. The van der Waals surface area contributed by atoms with Crippen molar-refractivity contribution in [3.63, 3.8) is 0 Å². The van der Waals surface area contributed by atoms with Gasteiger partial charge in [-0.15, -0.1) is 0 Å². The van der Waals surface area contributed by atoms with Crippen LogP contribution in [0.25, 0.3) is 5.57 Å². The Bertz CT molecular complexity index is 555. The number of fused-ring (bicyclic) bond motifs is 1. The highest BCUT2D eigenvalue weighted by atomic mass is 79.9. The summed E-state index contributed by atoms with van der Waals surface area (Å²) >= 11 is 2.54. The Hall–Kier alpha value is -0.590. The van der Waals surface area contributed by atoms with Gasteiger partial charge in [0.1, 0.15) is 12.1 Å². The van der Waals surface area contributed by atoms with Crippen LogP contribution < -0.4 is 4.90 Å². The van der Waals surface area contributed by atoms with Crippen LogP contribution in [0, 0.1) is 0 Å². The first-order valence-corrected chi connectivity index (χ1v) is 9.25. The Labute approximate surface area is 131 Å². The minimum absolute atomic E-state index is 0.428. The summed E-state index contributed by atoms with van der Waals surface area (Å²) in [6, 6.07) is 0.544. The van der Waals surface area contributed by atoms with E-state index in [2.05, 4.69) is 37.7 Å². The lowest BCUT2D eigenvalue weighted by Gasteiger charge is -2.35. The van der Waals surface area contributed by atoms with Crippen LogP contribution in [0.1, 0.15) is 38.2 Å². The first kappa shape index (κ1) is 14.4. The predicted molar refractivity (Wildman–Crippen MR) is 85.5 cm³/mol. The molecule has 1 atom stereocenters. The van der Waals surface area contributed by atoms with Crippen molar-refractivity contribution in [2.75, 3.05) is 17.7 Å². The summed E-state index contributed by atoms with van der Waals surface area (Å²) in [7, 11) is 0. The summed E-state index contributed by atoms with van der Waals surface area (Å²) in [5.41, 5.74) is 2.24. The largest absolute Gasteiger partial charge is 0.609 e. The maximum Gasteiger partial charge on any atom is 0.344 e. The van der Waals surface area contributed by atoms with Crippen molar-refractivity contribution in [3.8, 4) is 0 Å². The minimum Gasteiger partial charge on any atom is -0.609 e. The van der Waals surface area contributed by atoms with E-state index in [1.165, 1.54) is 35.7 Å².